The van der Waals surface area contributed by atoms with Crippen LogP contribution in [0.3, 0.4) is 0 Å². The number of hydrogen-bond acceptors (Lipinski definition) is 5. The first-order valence-corrected chi connectivity index (χ1v) is 7.83. The number of fused-ring (bicyclic) bond motifs is 1. The second-order valence-electron chi connectivity index (χ2n) is 5.73. The van der Waals surface area contributed by atoms with E-state index in [4.69, 9.17) is 4.74 Å². The molecule has 0 spiro atoms. The Bertz CT molecular complexity index is 770. The van der Waals surface area contributed by atoms with Crippen molar-refractivity contribution in [2.45, 2.75) is 33.4 Å². The number of aromatic amines is 1. The zero-order chi connectivity index (χ0) is 16.4. The highest BCUT2D eigenvalue weighted by molar-refractivity contribution is 5.45. The highest BCUT2D eigenvalue weighted by Gasteiger charge is 2.21. The second kappa shape index (κ2) is 6.42. The number of H-pyrrole nitrogens is 1. The molecule has 2 N–H and O–H groups in total. The number of rotatable bonds is 4. The fraction of sp³-hybridized carbons (Fsp3) is 0.412. The summed E-state index contributed by atoms with van der Waals surface area (Å²) in [6, 6.07) is 5.53. The van der Waals surface area contributed by atoms with Gasteiger partial charge in [-0.1, -0.05) is 12.1 Å². The summed E-state index contributed by atoms with van der Waals surface area (Å²) in [6.07, 6.45) is 0.670. The Hall–Kier alpha value is -2.34. The van der Waals surface area contributed by atoms with E-state index in [0.717, 1.165) is 23.4 Å². The molecule has 0 radical (unpaired) electrons. The largest absolute Gasteiger partial charge is 0.504 e. The van der Waals surface area contributed by atoms with Gasteiger partial charge < -0.3 is 14.8 Å². The maximum atomic E-state index is 11.9. The number of aromatic nitrogens is 2. The van der Waals surface area contributed by atoms with Crippen molar-refractivity contribution in [3.05, 3.63) is 51.2 Å². The molecule has 0 atom stereocenters. The van der Waals surface area contributed by atoms with Gasteiger partial charge in [-0.05, 0) is 26.3 Å². The Labute approximate surface area is 134 Å². The average Bonchev–Trinajstić information content (AvgIpc) is 2.51. The summed E-state index contributed by atoms with van der Waals surface area (Å²) in [6.45, 7) is 6.16. The molecule has 23 heavy (non-hydrogen) atoms. The van der Waals surface area contributed by atoms with Crippen molar-refractivity contribution >= 4 is 0 Å². The molecule has 0 unspecified atom stereocenters. The van der Waals surface area contributed by atoms with E-state index in [1.54, 1.807) is 13.0 Å². The van der Waals surface area contributed by atoms with Crippen LogP contribution in [-0.4, -0.2) is 33.1 Å². The average molecular weight is 315 g/mol. The van der Waals surface area contributed by atoms with Gasteiger partial charge in [0.05, 0.1) is 12.3 Å². The zero-order valence-corrected chi connectivity index (χ0v) is 13.4. The fourth-order valence-corrected chi connectivity index (χ4v) is 2.96. The number of hydrogen-bond donors (Lipinski definition) is 2. The summed E-state index contributed by atoms with van der Waals surface area (Å²) < 4.78 is 5.43. The Morgan fingerprint density at radius 1 is 1.43 bits per heavy atom. The van der Waals surface area contributed by atoms with E-state index in [1.807, 2.05) is 19.1 Å². The van der Waals surface area contributed by atoms with Gasteiger partial charge in [-0.15, -0.1) is 0 Å². The van der Waals surface area contributed by atoms with E-state index in [-0.39, 0.29) is 11.3 Å². The number of para-hydroxylation sites is 1. The Kier molecular flexibility index (Phi) is 4.34. The van der Waals surface area contributed by atoms with Crippen LogP contribution in [0.1, 0.15) is 29.6 Å². The Morgan fingerprint density at radius 3 is 3.04 bits per heavy atom. The summed E-state index contributed by atoms with van der Waals surface area (Å²) >= 11 is 0. The zero-order valence-electron chi connectivity index (χ0n) is 13.4. The minimum Gasteiger partial charge on any atom is -0.504 e. The van der Waals surface area contributed by atoms with Crippen molar-refractivity contribution in [1.29, 1.82) is 0 Å². The van der Waals surface area contributed by atoms with E-state index in [2.05, 4.69) is 14.9 Å². The van der Waals surface area contributed by atoms with Crippen LogP contribution in [0, 0.1) is 6.92 Å². The number of phenols is 1. The molecule has 1 aromatic heterocycles. The van der Waals surface area contributed by atoms with Crippen LogP contribution >= 0.6 is 0 Å². The minimum atomic E-state index is -0.0339. The van der Waals surface area contributed by atoms with Gasteiger partial charge >= 0.3 is 0 Å². The van der Waals surface area contributed by atoms with Crippen LogP contribution in [-0.2, 0) is 19.5 Å². The van der Waals surface area contributed by atoms with Crippen LogP contribution in [0.2, 0.25) is 0 Å². The smallest absolute Gasteiger partial charge is 0.254 e. The number of ether oxygens (including phenoxy) is 1. The Balaban J connectivity index is 1.80. The van der Waals surface area contributed by atoms with Gasteiger partial charge in [0.1, 0.15) is 5.82 Å². The molecule has 0 saturated carbocycles. The fourth-order valence-electron chi connectivity index (χ4n) is 2.96. The summed E-state index contributed by atoms with van der Waals surface area (Å²) in [5.74, 6) is 1.33. The molecule has 0 saturated heterocycles. The monoisotopic (exact) mass is 315 g/mol. The quantitative estimate of drug-likeness (QED) is 0.898. The number of aromatic hydroxyl groups is 1. The van der Waals surface area contributed by atoms with Gasteiger partial charge in [0.15, 0.2) is 11.5 Å². The Morgan fingerprint density at radius 2 is 2.26 bits per heavy atom. The first-order valence-electron chi connectivity index (χ1n) is 7.83. The third-order valence-corrected chi connectivity index (χ3v) is 4.05. The van der Waals surface area contributed by atoms with E-state index in [1.165, 1.54) is 0 Å². The van der Waals surface area contributed by atoms with Gasteiger partial charge in [0.25, 0.3) is 5.56 Å². The lowest BCUT2D eigenvalue weighted by molar-refractivity contribution is 0.235. The molecule has 0 aliphatic carbocycles. The highest BCUT2D eigenvalue weighted by Crippen LogP contribution is 2.31. The van der Waals surface area contributed by atoms with Crippen molar-refractivity contribution in [3.63, 3.8) is 0 Å². The molecular weight excluding hydrogens is 294 g/mol. The van der Waals surface area contributed by atoms with Gasteiger partial charge in [-0.25, -0.2) is 4.98 Å². The minimum absolute atomic E-state index is 0.0339. The summed E-state index contributed by atoms with van der Waals surface area (Å²) in [4.78, 5) is 21.3. The maximum Gasteiger partial charge on any atom is 0.254 e. The molecule has 2 heterocycles. The number of aryl methyl sites for hydroxylation is 1. The number of benzene rings is 1. The molecular formula is C17H21N3O3. The van der Waals surface area contributed by atoms with Crippen molar-refractivity contribution in [1.82, 2.24) is 14.9 Å². The maximum absolute atomic E-state index is 11.9. The molecule has 0 amide bonds. The number of nitrogens with one attached hydrogen (secondary N) is 1. The van der Waals surface area contributed by atoms with Crippen LogP contribution in [0.5, 0.6) is 11.5 Å². The van der Waals surface area contributed by atoms with E-state index >= 15 is 0 Å². The molecule has 3 rings (SSSR count). The van der Waals surface area contributed by atoms with Crippen LogP contribution in [0.15, 0.2) is 23.0 Å². The predicted molar refractivity (Wildman–Crippen MR) is 86.7 cm³/mol. The number of nitrogens with zero attached hydrogens (tertiary/aromatic N) is 2. The lowest BCUT2D eigenvalue weighted by Crippen LogP contribution is -2.35. The lowest BCUT2D eigenvalue weighted by atomic mass is 10.1. The molecule has 0 fully saturated rings. The second-order valence-corrected chi connectivity index (χ2v) is 5.73. The normalized spacial score (nSPS) is 14.5. The van der Waals surface area contributed by atoms with Crippen molar-refractivity contribution in [3.8, 4) is 11.5 Å². The molecule has 1 aromatic carbocycles. The third kappa shape index (κ3) is 3.22. The van der Waals surface area contributed by atoms with Crippen molar-refractivity contribution in [2.24, 2.45) is 0 Å². The lowest BCUT2D eigenvalue weighted by Gasteiger charge is -2.28. The molecule has 2 aromatic rings. The highest BCUT2D eigenvalue weighted by atomic mass is 16.5. The van der Waals surface area contributed by atoms with E-state index in [0.29, 0.717) is 37.7 Å². The SMILES string of the molecule is CCOc1cccc(CN2CCc3c(nc(C)[nH]c3=O)C2)c1O. The van der Waals surface area contributed by atoms with E-state index < -0.39 is 0 Å². The van der Waals surface area contributed by atoms with Gasteiger partial charge in [-0.2, -0.15) is 0 Å². The molecule has 0 bridgehead atoms. The molecule has 1 aliphatic rings. The molecule has 6 heteroatoms. The standard InChI is InChI=1S/C17H21N3O3/c1-3-23-15-6-4-5-12(16(15)21)9-20-8-7-13-14(10-20)18-11(2)19-17(13)22/h4-6,21H,3,7-10H2,1-2H3,(H,18,19,22). The molecule has 122 valence electrons. The van der Waals surface area contributed by atoms with E-state index in [9.17, 15) is 9.90 Å². The van der Waals surface area contributed by atoms with Gasteiger partial charge in [-0.3, -0.25) is 9.69 Å². The van der Waals surface area contributed by atoms with Crippen LogP contribution in [0.4, 0.5) is 0 Å². The van der Waals surface area contributed by atoms with Gasteiger partial charge in [0.2, 0.25) is 0 Å². The third-order valence-electron chi connectivity index (χ3n) is 4.05. The summed E-state index contributed by atoms with van der Waals surface area (Å²) in [5, 5.41) is 10.3. The van der Waals surface area contributed by atoms with Gasteiger partial charge in [0, 0.05) is 30.8 Å². The van der Waals surface area contributed by atoms with Crippen LogP contribution < -0.4 is 10.3 Å². The first-order chi connectivity index (χ1) is 11.1. The first kappa shape index (κ1) is 15.6. The summed E-state index contributed by atoms with van der Waals surface area (Å²) in [7, 11) is 0. The van der Waals surface area contributed by atoms with Crippen LogP contribution in [0.25, 0.3) is 0 Å². The van der Waals surface area contributed by atoms with Crippen molar-refractivity contribution in [2.75, 3.05) is 13.2 Å². The molecule has 1 aliphatic heterocycles. The molecule has 6 nitrogen and oxygen atoms in total. The van der Waals surface area contributed by atoms with Crippen molar-refractivity contribution < 1.29 is 9.84 Å². The number of phenolic OH excluding ortho intramolecular Hbond substituents is 1. The predicted octanol–water partition coefficient (Wildman–Crippen LogP) is 1.74. The topological polar surface area (TPSA) is 78.5 Å². The summed E-state index contributed by atoms with van der Waals surface area (Å²) in [5.41, 5.74) is 2.39.